The molecule has 2 aromatic carbocycles. The first-order chi connectivity index (χ1) is 13.5. The van der Waals surface area contributed by atoms with Crippen LogP contribution in [0.3, 0.4) is 0 Å². The topological polar surface area (TPSA) is 77.9 Å². The van der Waals surface area contributed by atoms with Crippen LogP contribution in [0.2, 0.25) is 0 Å². The molecule has 144 valence electrons. The Morgan fingerprint density at radius 1 is 1.07 bits per heavy atom. The number of allylic oxidation sites excluding steroid dienone is 1. The van der Waals surface area contributed by atoms with Crippen molar-refractivity contribution < 1.29 is 19.5 Å². The first-order valence-electron chi connectivity index (χ1n) is 9.01. The summed E-state index contributed by atoms with van der Waals surface area (Å²) in [6, 6.07) is 17.8. The normalized spacial score (nSPS) is 19.4. The molecule has 2 aromatic rings. The maximum atomic E-state index is 13.5. The summed E-state index contributed by atoms with van der Waals surface area (Å²) in [6.07, 6.45) is 1.03. The van der Waals surface area contributed by atoms with Gasteiger partial charge in [0.1, 0.15) is 6.67 Å². The molecule has 6 heteroatoms. The summed E-state index contributed by atoms with van der Waals surface area (Å²) in [6.45, 7) is 3.48. The molecule has 1 atom stereocenters. The number of hydrogen-bond donors (Lipinski definition) is 1. The second kappa shape index (κ2) is 8.08. The van der Waals surface area contributed by atoms with Gasteiger partial charge in [-0.15, -0.1) is 6.58 Å². The molecule has 3 rings (SSSR count). The first-order valence-corrected chi connectivity index (χ1v) is 9.01. The number of nitrogens with zero attached hydrogens (tertiary/aromatic N) is 2. The Bertz CT molecular complexity index is 882. The molecule has 6 nitrogen and oxygen atoms in total. The standard InChI is InChI=1S/C22H22N2O4/c1-2-13-22(14-17-9-5-3-6-10-17)15-23(21(27)28)16-24(20(22)26)19(25)18-11-7-4-8-12-18/h2-12H,1,13-16H2,(H,27,28). The number of carboxylic acid groups (broad SMARTS) is 1. The lowest BCUT2D eigenvalue weighted by Gasteiger charge is -2.45. The third-order valence-corrected chi connectivity index (χ3v) is 4.96. The van der Waals surface area contributed by atoms with Gasteiger partial charge in [0.2, 0.25) is 5.91 Å². The smallest absolute Gasteiger partial charge is 0.408 e. The highest BCUT2D eigenvalue weighted by atomic mass is 16.4. The minimum atomic E-state index is -1.17. The molecule has 0 spiro atoms. The molecular weight excluding hydrogens is 356 g/mol. The van der Waals surface area contributed by atoms with E-state index < -0.39 is 17.4 Å². The van der Waals surface area contributed by atoms with Crippen molar-refractivity contribution >= 4 is 17.9 Å². The molecule has 0 radical (unpaired) electrons. The van der Waals surface area contributed by atoms with E-state index in [0.717, 1.165) is 15.4 Å². The van der Waals surface area contributed by atoms with Crippen molar-refractivity contribution in [2.75, 3.05) is 13.2 Å². The first kappa shape index (κ1) is 19.4. The molecule has 1 aliphatic heterocycles. The van der Waals surface area contributed by atoms with Gasteiger partial charge < -0.3 is 5.11 Å². The van der Waals surface area contributed by atoms with E-state index in [1.54, 1.807) is 36.4 Å². The van der Waals surface area contributed by atoms with Gasteiger partial charge in [-0.1, -0.05) is 54.6 Å². The molecule has 1 unspecified atom stereocenters. The molecule has 1 aliphatic rings. The van der Waals surface area contributed by atoms with E-state index in [-0.39, 0.29) is 25.5 Å². The molecule has 0 bridgehead atoms. The number of benzene rings is 2. The van der Waals surface area contributed by atoms with E-state index in [2.05, 4.69) is 6.58 Å². The van der Waals surface area contributed by atoms with Gasteiger partial charge >= 0.3 is 6.09 Å². The zero-order valence-electron chi connectivity index (χ0n) is 15.5. The van der Waals surface area contributed by atoms with E-state index in [0.29, 0.717) is 12.0 Å². The number of imide groups is 1. The fourth-order valence-corrected chi connectivity index (χ4v) is 3.64. The Labute approximate surface area is 163 Å². The highest BCUT2D eigenvalue weighted by molar-refractivity contribution is 6.07. The summed E-state index contributed by atoms with van der Waals surface area (Å²) in [5.41, 5.74) is 0.164. The van der Waals surface area contributed by atoms with Gasteiger partial charge in [-0.3, -0.25) is 19.4 Å². The molecule has 1 fully saturated rings. The number of carbonyl (C=O) groups is 3. The SMILES string of the molecule is C=CCC1(Cc2ccccc2)CN(C(=O)O)CN(C(=O)c2ccccc2)C1=O. The largest absolute Gasteiger partial charge is 0.465 e. The summed E-state index contributed by atoms with van der Waals surface area (Å²) in [4.78, 5) is 40.4. The van der Waals surface area contributed by atoms with Crippen LogP contribution >= 0.6 is 0 Å². The van der Waals surface area contributed by atoms with Crippen LogP contribution in [0.25, 0.3) is 0 Å². The van der Waals surface area contributed by atoms with Gasteiger partial charge in [0.15, 0.2) is 0 Å². The van der Waals surface area contributed by atoms with Crippen molar-refractivity contribution in [3.05, 3.63) is 84.4 Å². The van der Waals surface area contributed by atoms with Crippen LogP contribution in [-0.4, -0.2) is 46.0 Å². The van der Waals surface area contributed by atoms with Gasteiger partial charge in [-0.2, -0.15) is 0 Å². The zero-order chi connectivity index (χ0) is 20.1. The highest BCUT2D eigenvalue weighted by Crippen LogP contribution is 2.35. The van der Waals surface area contributed by atoms with Gasteiger partial charge in [-0.25, -0.2) is 4.79 Å². The van der Waals surface area contributed by atoms with Crippen LogP contribution in [0.4, 0.5) is 4.79 Å². The summed E-state index contributed by atoms with van der Waals surface area (Å²) < 4.78 is 0. The Kier molecular flexibility index (Phi) is 5.59. The maximum Gasteiger partial charge on any atom is 0.408 e. The lowest BCUT2D eigenvalue weighted by Crippen LogP contribution is -2.62. The Balaban J connectivity index is 2.01. The zero-order valence-corrected chi connectivity index (χ0v) is 15.5. The van der Waals surface area contributed by atoms with Gasteiger partial charge in [0.05, 0.1) is 5.41 Å². The quantitative estimate of drug-likeness (QED) is 0.639. The van der Waals surface area contributed by atoms with Crippen molar-refractivity contribution in [2.45, 2.75) is 12.8 Å². The lowest BCUT2D eigenvalue weighted by molar-refractivity contribution is -0.147. The van der Waals surface area contributed by atoms with E-state index in [1.165, 1.54) is 0 Å². The second-order valence-electron chi connectivity index (χ2n) is 6.96. The third kappa shape index (κ3) is 3.81. The number of amides is 3. The summed E-state index contributed by atoms with van der Waals surface area (Å²) >= 11 is 0. The van der Waals surface area contributed by atoms with E-state index in [4.69, 9.17) is 0 Å². The molecule has 0 saturated carbocycles. The van der Waals surface area contributed by atoms with Crippen molar-refractivity contribution in [2.24, 2.45) is 5.41 Å². The van der Waals surface area contributed by atoms with Crippen molar-refractivity contribution in [1.82, 2.24) is 9.80 Å². The monoisotopic (exact) mass is 378 g/mol. The van der Waals surface area contributed by atoms with Crippen molar-refractivity contribution in [3.8, 4) is 0 Å². The fraction of sp³-hybridized carbons (Fsp3) is 0.227. The second-order valence-corrected chi connectivity index (χ2v) is 6.96. The van der Waals surface area contributed by atoms with E-state index in [1.807, 2.05) is 30.3 Å². The van der Waals surface area contributed by atoms with Crippen molar-refractivity contribution in [3.63, 3.8) is 0 Å². The predicted molar refractivity (Wildman–Crippen MR) is 105 cm³/mol. The Morgan fingerprint density at radius 3 is 2.25 bits per heavy atom. The summed E-state index contributed by atoms with van der Waals surface area (Å²) in [5, 5.41) is 9.61. The van der Waals surface area contributed by atoms with Crippen molar-refractivity contribution in [1.29, 1.82) is 0 Å². The molecule has 1 heterocycles. The van der Waals surface area contributed by atoms with Crippen LogP contribution in [-0.2, 0) is 11.2 Å². The van der Waals surface area contributed by atoms with Crippen LogP contribution in [0.1, 0.15) is 22.3 Å². The number of carbonyl (C=O) groups excluding carboxylic acids is 2. The van der Waals surface area contributed by atoms with E-state index >= 15 is 0 Å². The highest BCUT2D eigenvalue weighted by Gasteiger charge is 2.49. The number of hydrogen-bond acceptors (Lipinski definition) is 3. The Hall–Kier alpha value is -3.41. The number of rotatable bonds is 5. The van der Waals surface area contributed by atoms with Crippen LogP contribution < -0.4 is 0 Å². The average Bonchev–Trinajstić information content (AvgIpc) is 2.71. The molecule has 1 saturated heterocycles. The van der Waals surface area contributed by atoms with Gasteiger partial charge in [0, 0.05) is 12.1 Å². The van der Waals surface area contributed by atoms with Gasteiger partial charge in [-0.05, 0) is 30.5 Å². The van der Waals surface area contributed by atoms with Crippen LogP contribution in [0, 0.1) is 5.41 Å². The fourth-order valence-electron chi connectivity index (χ4n) is 3.64. The third-order valence-electron chi connectivity index (χ3n) is 4.96. The van der Waals surface area contributed by atoms with Crippen LogP contribution in [0.5, 0.6) is 0 Å². The molecule has 28 heavy (non-hydrogen) atoms. The minimum Gasteiger partial charge on any atom is -0.465 e. The average molecular weight is 378 g/mol. The lowest BCUT2D eigenvalue weighted by atomic mass is 9.75. The van der Waals surface area contributed by atoms with E-state index in [9.17, 15) is 19.5 Å². The molecular formula is C22H22N2O4. The summed E-state index contributed by atoms with van der Waals surface area (Å²) in [5.74, 6) is -0.874. The molecule has 0 aliphatic carbocycles. The molecule has 3 amide bonds. The summed E-state index contributed by atoms with van der Waals surface area (Å²) in [7, 11) is 0. The minimum absolute atomic E-state index is 0.0145. The molecule has 1 N–H and O–H groups in total. The molecule has 0 aromatic heterocycles. The van der Waals surface area contributed by atoms with Crippen LogP contribution in [0.15, 0.2) is 73.3 Å². The van der Waals surface area contributed by atoms with Gasteiger partial charge in [0.25, 0.3) is 5.91 Å². The Morgan fingerprint density at radius 2 is 1.68 bits per heavy atom. The maximum absolute atomic E-state index is 13.5. The predicted octanol–water partition coefficient (Wildman–Crippen LogP) is 3.41.